The van der Waals surface area contributed by atoms with E-state index in [0.29, 0.717) is 0 Å². The van der Waals surface area contributed by atoms with Crippen molar-refractivity contribution in [1.82, 2.24) is 4.90 Å². The standard InChI is InChI=1S/C26H34N2O3/c1-18-6-5-9-26(2)16-24-21(15-23(18)26)22(25(29)31-24)17-27-10-12-28(13-11-27)19-7-4-8-20(14-19)30-3/h4,6-8,14-15,21-22,24H,5,9-13,16-17H2,1-3H3. The highest BCUT2D eigenvalue weighted by Gasteiger charge is 2.51. The molecule has 0 radical (unpaired) electrons. The molecule has 2 saturated heterocycles. The number of anilines is 1. The molecular weight excluding hydrogens is 388 g/mol. The summed E-state index contributed by atoms with van der Waals surface area (Å²) in [5.74, 6) is 1.07. The topological polar surface area (TPSA) is 42.0 Å². The van der Waals surface area contributed by atoms with Gasteiger partial charge in [-0.05, 0) is 49.3 Å². The van der Waals surface area contributed by atoms with Gasteiger partial charge in [-0.1, -0.05) is 30.7 Å². The first-order chi connectivity index (χ1) is 15.0. The lowest BCUT2D eigenvalue weighted by Crippen LogP contribution is -2.49. The van der Waals surface area contributed by atoms with Crippen molar-refractivity contribution in [2.75, 3.05) is 44.7 Å². The van der Waals surface area contributed by atoms with E-state index >= 15 is 0 Å². The van der Waals surface area contributed by atoms with Gasteiger partial charge in [-0.3, -0.25) is 9.69 Å². The van der Waals surface area contributed by atoms with Gasteiger partial charge in [0, 0.05) is 50.4 Å². The van der Waals surface area contributed by atoms with Crippen LogP contribution in [0, 0.1) is 17.3 Å². The van der Waals surface area contributed by atoms with Gasteiger partial charge in [-0.25, -0.2) is 0 Å². The van der Waals surface area contributed by atoms with Crippen molar-refractivity contribution in [1.29, 1.82) is 0 Å². The van der Waals surface area contributed by atoms with E-state index in [0.717, 1.165) is 57.7 Å². The number of methoxy groups -OCH3 is 1. The molecule has 166 valence electrons. The summed E-state index contributed by atoms with van der Waals surface area (Å²) < 4.78 is 11.3. The third-order valence-corrected chi connectivity index (χ3v) is 7.94. The van der Waals surface area contributed by atoms with Crippen LogP contribution in [0.4, 0.5) is 5.69 Å². The molecule has 2 fully saturated rings. The van der Waals surface area contributed by atoms with Crippen molar-refractivity contribution in [3.63, 3.8) is 0 Å². The molecule has 2 heterocycles. The second kappa shape index (κ2) is 8.01. The van der Waals surface area contributed by atoms with Gasteiger partial charge in [0.25, 0.3) is 0 Å². The summed E-state index contributed by atoms with van der Waals surface area (Å²) in [5.41, 5.74) is 4.23. The van der Waals surface area contributed by atoms with Gasteiger partial charge in [0.15, 0.2) is 0 Å². The van der Waals surface area contributed by atoms with Crippen LogP contribution >= 0.6 is 0 Å². The first-order valence-corrected chi connectivity index (χ1v) is 11.7. The van der Waals surface area contributed by atoms with Gasteiger partial charge in [0.05, 0.1) is 13.0 Å². The van der Waals surface area contributed by atoms with Crippen LogP contribution in [-0.2, 0) is 9.53 Å². The zero-order valence-electron chi connectivity index (χ0n) is 19.0. The number of nitrogens with zero attached hydrogens (tertiary/aromatic N) is 2. The minimum absolute atomic E-state index is 0.00551. The van der Waals surface area contributed by atoms with Crippen LogP contribution in [-0.4, -0.2) is 56.8 Å². The summed E-state index contributed by atoms with van der Waals surface area (Å²) in [5, 5.41) is 0. The fraction of sp³-hybridized carbons (Fsp3) is 0.577. The SMILES string of the molecule is COc1cccc(N2CCN(CC3C(=O)OC4CC5(C)CCC=C(C)C5=CC43)CC2)c1. The first kappa shape index (κ1) is 20.6. The van der Waals surface area contributed by atoms with Crippen molar-refractivity contribution in [2.45, 2.75) is 39.2 Å². The Balaban J connectivity index is 1.26. The molecule has 2 aliphatic heterocycles. The quantitative estimate of drug-likeness (QED) is 0.685. The van der Waals surface area contributed by atoms with Gasteiger partial charge >= 0.3 is 5.97 Å². The fourth-order valence-electron chi connectivity index (χ4n) is 6.11. The molecule has 5 rings (SSSR count). The summed E-state index contributed by atoms with van der Waals surface area (Å²) in [6, 6.07) is 8.26. The molecule has 5 nitrogen and oxygen atoms in total. The molecule has 0 amide bonds. The third kappa shape index (κ3) is 3.78. The summed E-state index contributed by atoms with van der Waals surface area (Å²) in [7, 11) is 1.71. The molecule has 0 N–H and O–H groups in total. The fourth-order valence-corrected chi connectivity index (χ4v) is 6.11. The Hall–Kier alpha value is -2.27. The van der Waals surface area contributed by atoms with Crippen LogP contribution < -0.4 is 9.64 Å². The molecule has 0 saturated carbocycles. The predicted molar refractivity (Wildman–Crippen MR) is 122 cm³/mol. The second-order valence-electron chi connectivity index (χ2n) is 9.92. The molecule has 5 heteroatoms. The van der Waals surface area contributed by atoms with E-state index in [-0.39, 0.29) is 29.3 Å². The Bertz CT molecular complexity index is 915. The van der Waals surface area contributed by atoms with E-state index in [9.17, 15) is 4.79 Å². The van der Waals surface area contributed by atoms with Crippen molar-refractivity contribution in [2.24, 2.45) is 17.3 Å². The molecule has 0 spiro atoms. The van der Waals surface area contributed by atoms with Crippen LogP contribution in [0.1, 0.15) is 33.1 Å². The van der Waals surface area contributed by atoms with Gasteiger partial charge in [0.1, 0.15) is 11.9 Å². The number of fused-ring (bicyclic) bond motifs is 2. The summed E-state index contributed by atoms with van der Waals surface area (Å²) in [4.78, 5) is 17.7. The average Bonchev–Trinajstić information content (AvgIpc) is 3.06. The maximum atomic E-state index is 12.8. The van der Waals surface area contributed by atoms with Crippen molar-refractivity contribution >= 4 is 11.7 Å². The minimum Gasteiger partial charge on any atom is -0.497 e. The Labute approximate surface area is 185 Å². The maximum Gasteiger partial charge on any atom is 0.311 e. The van der Waals surface area contributed by atoms with E-state index in [1.807, 2.05) is 12.1 Å². The molecule has 4 aliphatic rings. The first-order valence-electron chi connectivity index (χ1n) is 11.7. The Morgan fingerprint density at radius 3 is 2.81 bits per heavy atom. The normalized spacial score (nSPS) is 33.2. The number of benzene rings is 1. The van der Waals surface area contributed by atoms with Crippen LogP contribution in [0.3, 0.4) is 0 Å². The number of allylic oxidation sites excluding steroid dienone is 3. The largest absolute Gasteiger partial charge is 0.497 e. The molecule has 4 atom stereocenters. The van der Waals surface area contributed by atoms with E-state index in [1.54, 1.807) is 7.11 Å². The van der Waals surface area contributed by atoms with Crippen LogP contribution in [0.2, 0.25) is 0 Å². The molecule has 1 aromatic carbocycles. The van der Waals surface area contributed by atoms with Crippen molar-refractivity contribution in [3.05, 3.63) is 47.6 Å². The van der Waals surface area contributed by atoms with E-state index in [4.69, 9.17) is 9.47 Å². The molecular formula is C26H34N2O3. The Morgan fingerprint density at radius 2 is 2.03 bits per heavy atom. The van der Waals surface area contributed by atoms with E-state index in [1.165, 1.54) is 16.8 Å². The Morgan fingerprint density at radius 1 is 1.23 bits per heavy atom. The highest BCUT2D eigenvalue weighted by Crippen LogP contribution is 2.52. The summed E-state index contributed by atoms with van der Waals surface area (Å²) >= 11 is 0. The second-order valence-corrected chi connectivity index (χ2v) is 9.92. The molecule has 0 bridgehead atoms. The van der Waals surface area contributed by atoms with Gasteiger partial charge in [-0.2, -0.15) is 0 Å². The lowest BCUT2D eigenvalue weighted by Gasteiger charge is -2.43. The number of ether oxygens (including phenoxy) is 2. The molecule has 0 aromatic heterocycles. The molecule has 1 aromatic rings. The smallest absolute Gasteiger partial charge is 0.311 e. The van der Waals surface area contributed by atoms with Gasteiger partial charge in [-0.15, -0.1) is 0 Å². The maximum absolute atomic E-state index is 12.8. The predicted octanol–water partition coefficient (Wildman–Crippen LogP) is 4.05. The average molecular weight is 423 g/mol. The van der Waals surface area contributed by atoms with E-state index in [2.05, 4.69) is 47.9 Å². The van der Waals surface area contributed by atoms with Crippen molar-refractivity contribution < 1.29 is 14.3 Å². The number of hydrogen-bond donors (Lipinski definition) is 0. The highest BCUT2D eigenvalue weighted by molar-refractivity contribution is 5.76. The van der Waals surface area contributed by atoms with Crippen LogP contribution in [0.15, 0.2) is 47.6 Å². The molecule has 4 unspecified atom stereocenters. The molecule has 31 heavy (non-hydrogen) atoms. The van der Waals surface area contributed by atoms with Gasteiger partial charge < -0.3 is 14.4 Å². The number of rotatable bonds is 4. The lowest BCUT2D eigenvalue weighted by molar-refractivity contribution is -0.145. The zero-order chi connectivity index (χ0) is 21.6. The third-order valence-electron chi connectivity index (χ3n) is 7.94. The number of esters is 1. The number of piperazine rings is 1. The van der Waals surface area contributed by atoms with Crippen LogP contribution in [0.5, 0.6) is 5.75 Å². The van der Waals surface area contributed by atoms with Crippen LogP contribution in [0.25, 0.3) is 0 Å². The van der Waals surface area contributed by atoms with E-state index < -0.39 is 0 Å². The molecule has 2 aliphatic carbocycles. The summed E-state index contributed by atoms with van der Waals surface area (Å²) in [6.45, 7) is 9.24. The highest BCUT2D eigenvalue weighted by atomic mass is 16.6. The lowest BCUT2D eigenvalue weighted by atomic mass is 9.62. The summed E-state index contributed by atoms with van der Waals surface area (Å²) in [6.07, 6.45) is 8.08. The monoisotopic (exact) mass is 422 g/mol. The number of carbonyl (C=O) groups excluding carboxylic acids is 1. The zero-order valence-corrected chi connectivity index (χ0v) is 19.0. The Kier molecular flexibility index (Phi) is 5.33. The van der Waals surface area contributed by atoms with Crippen molar-refractivity contribution in [3.8, 4) is 5.75 Å². The number of hydrogen-bond acceptors (Lipinski definition) is 5. The van der Waals surface area contributed by atoms with Gasteiger partial charge in [0.2, 0.25) is 0 Å². The minimum atomic E-state index is -0.0415. The number of carbonyl (C=O) groups is 1.